The number of hydrogen-bond acceptors (Lipinski definition) is 7. The van der Waals surface area contributed by atoms with Gasteiger partial charge in [0, 0.05) is 27.1 Å². The first-order chi connectivity index (χ1) is 20.4. The minimum atomic E-state index is -0.580. The van der Waals surface area contributed by atoms with Gasteiger partial charge in [-0.3, -0.25) is 4.79 Å². The predicted molar refractivity (Wildman–Crippen MR) is 159 cm³/mol. The van der Waals surface area contributed by atoms with Crippen molar-refractivity contribution < 1.29 is 28.5 Å². The average molecular weight is 582 g/mol. The van der Waals surface area contributed by atoms with Crippen LogP contribution in [0.25, 0.3) is 22.0 Å². The molecule has 4 aromatic carbocycles. The van der Waals surface area contributed by atoms with E-state index in [9.17, 15) is 9.59 Å². The zero-order valence-electron chi connectivity index (χ0n) is 22.6. The lowest BCUT2D eigenvalue weighted by Crippen LogP contribution is -2.19. The van der Waals surface area contributed by atoms with Gasteiger partial charge in [-0.25, -0.2) is 10.2 Å². The molecule has 0 atom stereocenters. The summed E-state index contributed by atoms with van der Waals surface area (Å²) in [7, 11) is 1.46. The van der Waals surface area contributed by atoms with Crippen molar-refractivity contribution in [1.82, 2.24) is 10.4 Å². The molecule has 210 valence electrons. The molecule has 9 nitrogen and oxygen atoms in total. The lowest BCUT2D eigenvalue weighted by atomic mass is 10.0. The number of H-pyrrole nitrogens is 1. The van der Waals surface area contributed by atoms with Gasteiger partial charge in [0.2, 0.25) is 6.79 Å². The van der Waals surface area contributed by atoms with E-state index in [1.165, 1.54) is 13.3 Å². The van der Waals surface area contributed by atoms with Crippen LogP contribution in [0.5, 0.6) is 23.0 Å². The highest BCUT2D eigenvalue weighted by Crippen LogP contribution is 2.37. The number of aromatic nitrogens is 1. The molecule has 0 unspecified atom stereocenters. The van der Waals surface area contributed by atoms with Crippen molar-refractivity contribution in [3.8, 4) is 34.1 Å². The standard InChI is InChI=1S/C32H24ClN3O6/c1-18-7-10-24-22(13-18)29(21-5-3-4-6-23(21)33)30(35-24)31(37)36-34-16-19-8-11-26(27(14-19)39-2)42-32(38)20-9-12-25-28(15-20)41-17-40-25/h3-16,35H,17H2,1-2H3,(H,36,37). The van der Waals surface area contributed by atoms with Crippen molar-refractivity contribution >= 4 is 40.6 Å². The smallest absolute Gasteiger partial charge is 0.343 e. The largest absolute Gasteiger partial charge is 0.493 e. The second kappa shape index (κ2) is 11.3. The molecule has 1 aliphatic rings. The molecule has 0 saturated carbocycles. The van der Waals surface area contributed by atoms with Crippen molar-refractivity contribution in [1.29, 1.82) is 0 Å². The van der Waals surface area contributed by atoms with E-state index in [4.69, 9.17) is 30.5 Å². The van der Waals surface area contributed by atoms with E-state index < -0.39 is 11.9 Å². The lowest BCUT2D eigenvalue weighted by Gasteiger charge is -2.10. The molecule has 5 aromatic rings. The topological polar surface area (TPSA) is 111 Å². The van der Waals surface area contributed by atoms with Crippen LogP contribution in [-0.2, 0) is 0 Å². The van der Waals surface area contributed by atoms with E-state index in [0.29, 0.717) is 44.7 Å². The number of benzene rings is 4. The van der Waals surface area contributed by atoms with Gasteiger partial charge in [0.15, 0.2) is 23.0 Å². The molecular formula is C32H24ClN3O6. The lowest BCUT2D eigenvalue weighted by molar-refractivity contribution is 0.0729. The van der Waals surface area contributed by atoms with E-state index in [1.54, 1.807) is 42.5 Å². The molecule has 42 heavy (non-hydrogen) atoms. The van der Waals surface area contributed by atoms with E-state index in [-0.39, 0.29) is 12.5 Å². The van der Waals surface area contributed by atoms with Crippen LogP contribution in [0.2, 0.25) is 5.02 Å². The Morgan fingerprint density at radius 1 is 0.976 bits per heavy atom. The summed E-state index contributed by atoms with van der Waals surface area (Å²) >= 11 is 6.52. The second-order valence-electron chi connectivity index (χ2n) is 9.47. The maximum absolute atomic E-state index is 13.3. The Kier molecular flexibility index (Phi) is 7.24. The highest BCUT2D eigenvalue weighted by Gasteiger charge is 2.21. The van der Waals surface area contributed by atoms with Crippen LogP contribution in [0.1, 0.15) is 32.0 Å². The maximum Gasteiger partial charge on any atom is 0.343 e. The van der Waals surface area contributed by atoms with Crippen LogP contribution >= 0.6 is 11.6 Å². The van der Waals surface area contributed by atoms with Crippen molar-refractivity contribution in [2.75, 3.05) is 13.9 Å². The number of esters is 1. The van der Waals surface area contributed by atoms with Gasteiger partial charge in [0.05, 0.1) is 18.9 Å². The van der Waals surface area contributed by atoms with Crippen molar-refractivity contribution in [3.05, 3.63) is 106 Å². The minimum Gasteiger partial charge on any atom is -0.493 e. The molecule has 10 heteroatoms. The van der Waals surface area contributed by atoms with Crippen LogP contribution in [0.3, 0.4) is 0 Å². The van der Waals surface area contributed by atoms with Gasteiger partial charge in [0.1, 0.15) is 5.69 Å². The number of carbonyl (C=O) groups excluding carboxylic acids is 2. The number of fused-ring (bicyclic) bond motifs is 2. The summed E-state index contributed by atoms with van der Waals surface area (Å²) in [5, 5.41) is 5.56. The summed E-state index contributed by atoms with van der Waals surface area (Å²) in [6.07, 6.45) is 1.46. The molecule has 2 heterocycles. The quantitative estimate of drug-likeness (QED) is 0.0980. The number of amides is 1. The monoisotopic (exact) mass is 581 g/mol. The molecule has 0 fully saturated rings. The first kappa shape index (κ1) is 26.9. The Morgan fingerprint density at radius 3 is 2.64 bits per heavy atom. The third-order valence-electron chi connectivity index (χ3n) is 6.70. The number of aryl methyl sites for hydroxylation is 1. The van der Waals surface area contributed by atoms with E-state index in [0.717, 1.165) is 22.0 Å². The predicted octanol–water partition coefficient (Wildman–Crippen LogP) is 6.52. The fourth-order valence-electron chi connectivity index (χ4n) is 4.67. The summed E-state index contributed by atoms with van der Waals surface area (Å²) in [6, 6.07) is 23.0. The second-order valence-corrected chi connectivity index (χ2v) is 9.88. The minimum absolute atomic E-state index is 0.106. The highest BCUT2D eigenvalue weighted by molar-refractivity contribution is 6.34. The van der Waals surface area contributed by atoms with Gasteiger partial charge in [-0.2, -0.15) is 5.10 Å². The van der Waals surface area contributed by atoms with Crippen LogP contribution in [0, 0.1) is 6.92 Å². The number of hydrogen-bond donors (Lipinski definition) is 2. The summed E-state index contributed by atoms with van der Waals surface area (Å²) in [6.45, 7) is 2.10. The third-order valence-corrected chi connectivity index (χ3v) is 7.03. The third kappa shape index (κ3) is 5.25. The summed E-state index contributed by atoms with van der Waals surface area (Å²) in [4.78, 5) is 29.2. The molecule has 0 bridgehead atoms. The van der Waals surface area contributed by atoms with Gasteiger partial charge < -0.3 is 23.9 Å². The van der Waals surface area contributed by atoms with Gasteiger partial charge in [0.25, 0.3) is 5.91 Å². The fraction of sp³-hybridized carbons (Fsp3) is 0.0938. The number of halogens is 1. The molecule has 1 aromatic heterocycles. The molecule has 0 saturated heterocycles. The van der Waals surface area contributed by atoms with Gasteiger partial charge in [-0.05, 0) is 67.1 Å². The molecule has 1 amide bonds. The van der Waals surface area contributed by atoms with Crippen molar-refractivity contribution in [2.24, 2.45) is 5.10 Å². The number of nitrogens with one attached hydrogen (secondary N) is 2. The SMILES string of the molecule is COc1cc(C=NNC(=O)c2[nH]c3ccc(C)cc3c2-c2ccccc2Cl)ccc1OC(=O)c1ccc2c(c1)OCO2. The van der Waals surface area contributed by atoms with Crippen LogP contribution < -0.4 is 24.4 Å². The number of hydrazone groups is 1. The van der Waals surface area contributed by atoms with E-state index >= 15 is 0 Å². The van der Waals surface area contributed by atoms with Gasteiger partial charge in [-0.1, -0.05) is 41.4 Å². The Balaban J connectivity index is 1.20. The number of carbonyl (C=O) groups is 2. The first-order valence-corrected chi connectivity index (χ1v) is 13.3. The van der Waals surface area contributed by atoms with Crippen molar-refractivity contribution in [3.63, 3.8) is 0 Å². The maximum atomic E-state index is 13.3. The van der Waals surface area contributed by atoms with Gasteiger partial charge in [-0.15, -0.1) is 0 Å². The molecule has 0 spiro atoms. The summed E-state index contributed by atoms with van der Waals surface area (Å²) < 4.78 is 21.6. The Bertz CT molecular complexity index is 1880. The first-order valence-electron chi connectivity index (χ1n) is 12.9. The van der Waals surface area contributed by atoms with Crippen molar-refractivity contribution in [2.45, 2.75) is 6.92 Å². The van der Waals surface area contributed by atoms with E-state index in [1.807, 2.05) is 43.3 Å². The van der Waals surface area contributed by atoms with Crippen LogP contribution in [0.15, 0.2) is 84.0 Å². The zero-order valence-corrected chi connectivity index (χ0v) is 23.3. The Hall–Kier alpha value is -5.28. The van der Waals surface area contributed by atoms with Crippen LogP contribution in [0.4, 0.5) is 0 Å². The molecule has 0 radical (unpaired) electrons. The number of methoxy groups -OCH3 is 1. The van der Waals surface area contributed by atoms with Gasteiger partial charge >= 0.3 is 5.97 Å². The number of ether oxygens (including phenoxy) is 4. The fourth-order valence-corrected chi connectivity index (χ4v) is 4.90. The number of aromatic amines is 1. The molecular weight excluding hydrogens is 558 g/mol. The normalized spacial score (nSPS) is 12.1. The highest BCUT2D eigenvalue weighted by atomic mass is 35.5. The zero-order chi connectivity index (χ0) is 29.2. The Morgan fingerprint density at radius 2 is 1.81 bits per heavy atom. The van der Waals surface area contributed by atoms with E-state index in [2.05, 4.69) is 15.5 Å². The molecule has 0 aliphatic carbocycles. The summed E-state index contributed by atoms with van der Waals surface area (Å²) in [5.41, 5.74) is 7.13. The molecule has 2 N–H and O–H groups in total. The molecule has 6 rings (SSSR count). The number of rotatable bonds is 7. The number of nitrogens with zero attached hydrogens (tertiary/aromatic N) is 1. The summed E-state index contributed by atoms with van der Waals surface area (Å²) in [5.74, 6) is 0.566. The van der Waals surface area contributed by atoms with Crippen LogP contribution in [-0.4, -0.2) is 37.0 Å². The average Bonchev–Trinajstić information content (AvgIpc) is 3.62. The Labute approximate surface area is 245 Å². The molecule has 1 aliphatic heterocycles.